The van der Waals surface area contributed by atoms with Gasteiger partial charge in [-0.2, -0.15) is 0 Å². The monoisotopic (exact) mass is 642 g/mol. The van der Waals surface area contributed by atoms with Crippen LogP contribution in [0.2, 0.25) is 0 Å². The average molecular weight is 643 g/mol. The van der Waals surface area contributed by atoms with E-state index in [2.05, 4.69) is 48.5 Å². The summed E-state index contributed by atoms with van der Waals surface area (Å²) < 4.78 is 0. The van der Waals surface area contributed by atoms with Gasteiger partial charge in [-0.3, -0.25) is 0 Å². The van der Waals surface area contributed by atoms with Gasteiger partial charge in [0.1, 0.15) is 0 Å². The fourth-order valence-electron chi connectivity index (χ4n) is 6.86. The Kier molecular flexibility index (Phi) is 6.99. The fourth-order valence-corrected chi connectivity index (χ4v) is 6.86. The third-order valence-corrected chi connectivity index (χ3v) is 9.15. The predicted molar refractivity (Wildman–Crippen MR) is 206 cm³/mol. The molecule has 4 N–H and O–H groups in total. The van der Waals surface area contributed by atoms with Crippen LogP contribution in [0.5, 0.6) is 0 Å². The molecule has 236 valence electrons. The predicted octanol–water partition coefficient (Wildman–Crippen LogP) is 8.26. The summed E-state index contributed by atoms with van der Waals surface area (Å²) in [4.78, 5) is 20.5. The van der Waals surface area contributed by atoms with Gasteiger partial charge in [-0.05, 0) is 58.7 Å². The van der Waals surface area contributed by atoms with E-state index in [1.165, 1.54) is 0 Å². The standard InChI is InChI=1S/C44H30N6/c45-41-33-23-21-31(47-33)25-35-37(27-13-5-1-6-14-27)39(29-17-9-3-10-18-29)43(49-35)42(46)44-40(30-19-11-4-12-20-30)38(28-15-7-2-8-16-28)36(50-44)26-32-22-24-34(41)48-32/h1-26H,45-46H2. The molecule has 5 heterocycles. The molecule has 9 rings (SSSR count). The van der Waals surface area contributed by atoms with Crippen molar-refractivity contribution in [2.24, 2.45) is 31.4 Å². The van der Waals surface area contributed by atoms with Crippen LogP contribution in [0.1, 0.15) is 22.3 Å². The van der Waals surface area contributed by atoms with Gasteiger partial charge in [0.25, 0.3) is 0 Å². The Bertz CT molecular complexity index is 2480. The van der Waals surface area contributed by atoms with Crippen LogP contribution in [-0.4, -0.2) is 22.8 Å². The second kappa shape index (κ2) is 12.0. The fraction of sp³-hybridized carbons (Fsp3) is 0. The van der Waals surface area contributed by atoms with Crippen molar-refractivity contribution in [3.8, 4) is 0 Å². The third kappa shape index (κ3) is 4.98. The number of hydrogen-bond acceptors (Lipinski definition) is 6. The van der Waals surface area contributed by atoms with E-state index >= 15 is 0 Å². The molecule has 50 heavy (non-hydrogen) atoms. The molecule has 4 aromatic rings. The molecule has 0 radical (unpaired) electrons. The van der Waals surface area contributed by atoms with Gasteiger partial charge < -0.3 is 11.5 Å². The molecule has 0 saturated carbocycles. The summed E-state index contributed by atoms with van der Waals surface area (Å²) in [7, 11) is 0. The molecule has 5 aliphatic rings. The zero-order valence-electron chi connectivity index (χ0n) is 27.0. The van der Waals surface area contributed by atoms with Crippen molar-refractivity contribution >= 4 is 45.1 Å². The first-order valence-corrected chi connectivity index (χ1v) is 16.5. The molecule has 0 aliphatic carbocycles. The lowest BCUT2D eigenvalue weighted by molar-refractivity contribution is 1.30. The van der Waals surface area contributed by atoms with Gasteiger partial charge in [-0.15, -0.1) is 0 Å². The van der Waals surface area contributed by atoms with E-state index in [1.807, 2.05) is 109 Å². The second-order valence-electron chi connectivity index (χ2n) is 12.3. The number of nitrogens with two attached hydrogens (primary N) is 2. The molecule has 6 nitrogen and oxygen atoms in total. The summed E-state index contributed by atoms with van der Waals surface area (Å²) in [5, 5.41) is 0. The summed E-state index contributed by atoms with van der Waals surface area (Å²) >= 11 is 0. The minimum absolute atomic E-state index is 0.480. The van der Waals surface area contributed by atoms with Crippen LogP contribution in [0, 0.1) is 0 Å². The summed E-state index contributed by atoms with van der Waals surface area (Å²) in [6.45, 7) is 0. The average Bonchev–Trinajstić information content (AvgIpc) is 3.98. The molecule has 0 aromatic heterocycles. The van der Waals surface area contributed by atoms with E-state index in [1.54, 1.807) is 0 Å². The third-order valence-electron chi connectivity index (χ3n) is 9.15. The molecule has 6 heteroatoms. The Morgan fingerprint density at radius 3 is 1.58 bits per heavy atom. The normalized spacial score (nSPS) is 18.0. The molecular formula is C44H30N6. The SMILES string of the molecule is NC1=C2C=CC(=N2)C=C2N=C(C(N)=C3N=C(C=C4C=CC1=N4)C(c1ccccc1)=C3c1ccccc1)C(c1ccccc1)=C2c1ccccc1. The molecule has 0 atom stereocenters. The summed E-state index contributed by atoms with van der Waals surface area (Å²) in [5.74, 6) is 0. The van der Waals surface area contributed by atoms with Gasteiger partial charge in [-0.1, -0.05) is 121 Å². The second-order valence-corrected chi connectivity index (χ2v) is 12.3. The van der Waals surface area contributed by atoms with Crippen molar-refractivity contribution in [1.82, 2.24) is 0 Å². The van der Waals surface area contributed by atoms with Gasteiger partial charge in [0, 0.05) is 22.3 Å². The zero-order valence-corrected chi connectivity index (χ0v) is 27.0. The maximum absolute atomic E-state index is 7.42. The van der Waals surface area contributed by atoms with Crippen molar-refractivity contribution < 1.29 is 0 Å². The Morgan fingerprint density at radius 2 is 0.960 bits per heavy atom. The van der Waals surface area contributed by atoms with E-state index in [0.717, 1.165) is 67.4 Å². The first-order chi connectivity index (χ1) is 24.6. The topological polar surface area (TPSA) is 101 Å². The molecule has 0 spiro atoms. The highest BCUT2D eigenvalue weighted by molar-refractivity contribution is 6.44. The van der Waals surface area contributed by atoms with Crippen molar-refractivity contribution in [3.05, 3.63) is 214 Å². The van der Waals surface area contributed by atoms with E-state index in [0.29, 0.717) is 34.2 Å². The van der Waals surface area contributed by atoms with Crippen molar-refractivity contribution in [1.29, 1.82) is 0 Å². The molecule has 4 aromatic carbocycles. The lowest BCUT2D eigenvalue weighted by Crippen LogP contribution is -2.15. The summed E-state index contributed by atoms with van der Waals surface area (Å²) in [6.07, 6.45) is 11.8. The van der Waals surface area contributed by atoms with E-state index in [-0.39, 0.29) is 0 Å². The number of hydrogen-bond donors (Lipinski definition) is 2. The Balaban J connectivity index is 1.41. The highest BCUT2D eigenvalue weighted by atomic mass is 14.9. The summed E-state index contributed by atoms with van der Waals surface area (Å²) in [5.41, 5.74) is 28.5. The Labute approximate surface area is 290 Å². The molecule has 0 fully saturated rings. The first kappa shape index (κ1) is 29.2. The van der Waals surface area contributed by atoms with E-state index < -0.39 is 0 Å². The van der Waals surface area contributed by atoms with Crippen LogP contribution < -0.4 is 11.5 Å². The number of aliphatic imine (C=N–C) groups is 4. The minimum atomic E-state index is 0.480. The van der Waals surface area contributed by atoms with Crippen LogP contribution in [0.3, 0.4) is 0 Å². The van der Waals surface area contributed by atoms with E-state index in [9.17, 15) is 0 Å². The van der Waals surface area contributed by atoms with Crippen molar-refractivity contribution in [3.63, 3.8) is 0 Å². The Morgan fingerprint density at radius 1 is 0.400 bits per heavy atom. The Hall–Kier alpha value is -6.92. The van der Waals surface area contributed by atoms with Crippen LogP contribution in [-0.2, 0) is 0 Å². The van der Waals surface area contributed by atoms with Gasteiger partial charge in [0.05, 0.1) is 57.0 Å². The van der Waals surface area contributed by atoms with Crippen LogP contribution >= 0.6 is 0 Å². The minimum Gasteiger partial charge on any atom is -0.395 e. The number of nitrogens with zero attached hydrogens (tertiary/aromatic N) is 4. The quantitative estimate of drug-likeness (QED) is 0.234. The highest BCUT2D eigenvalue weighted by Gasteiger charge is 2.34. The maximum atomic E-state index is 7.42. The summed E-state index contributed by atoms with van der Waals surface area (Å²) in [6, 6.07) is 41.2. The van der Waals surface area contributed by atoms with E-state index in [4.69, 9.17) is 31.4 Å². The number of fused-ring (bicyclic) bond motifs is 4. The molecule has 0 unspecified atom stereocenters. The molecule has 0 amide bonds. The van der Waals surface area contributed by atoms with Crippen LogP contribution in [0.15, 0.2) is 212 Å². The number of allylic oxidation sites excluding steroid dienone is 10. The maximum Gasteiger partial charge on any atom is 0.0974 e. The smallest absolute Gasteiger partial charge is 0.0974 e. The number of benzene rings is 4. The zero-order chi connectivity index (χ0) is 33.6. The number of rotatable bonds is 4. The molecule has 0 saturated heterocycles. The van der Waals surface area contributed by atoms with Crippen molar-refractivity contribution in [2.75, 3.05) is 0 Å². The van der Waals surface area contributed by atoms with Gasteiger partial charge in [-0.25, -0.2) is 20.0 Å². The lowest BCUT2D eigenvalue weighted by Gasteiger charge is -2.15. The molecular weight excluding hydrogens is 613 g/mol. The molecule has 8 bridgehead atoms. The van der Waals surface area contributed by atoms with Crippen molar-refractivity contribution in [2.45, 2.75) is 0 Å². The lowest BCUT2D eigenvalue weighted by atomic mass is 9.88. The van der Waals surface area contributed by atoms with Crippen LogP contribution in [0.25, 0.3) is 22.3 Å². The van der Waals surface area contributed by atoms with Gasteiger partial charge in [0.15, 0.2) is 0 Å². The largest absolute Gasteiger partial charge is 0.395 e. The van der Waals surface area contributed by atoms with Gasteiger partial charge in [0.2, 0.25) is 0 Å². The first-order valence-electron chi connectivity index (χ1n) is 16.5. The molecule has 5 aliphatic heterocycles. The van der Waals surface area contributed by atoms with Gasteiger partial charge >= 0.3 is 0 Å². The highest BCUT2D eigenvalue weighted by Crippen LogP contribution is 2.45. The van der Waals surface area contributed by atoms with Crippen LogP contribution in [0.4, 0.5) is 0 Å².